The van der Waals surface area contributed by atoms with E-state index in [1.165, 1.54) is 37.8 Å². The molecule has 0 amide bonds. The highest BCUT2D eigenvalue weighted by Gasteiger charge is 2.20. The lowest BCUT2D eigenvalue weighted by molar-refractivity contribution is 0.327. The minimum Gasteiger partial charge on any atom is -0.382 e. The summed E-state index contributed by atoms with van der Waals surface area (Å²) in [4.78, 5) is 4.35. The topological polar surface area (TPSA) is 37.0 Å². The monoisotopic (exact) mass is 261 g/mol. The zero-order chi connectivity index (χ0) is 13.5. The van der Waals surface area contributed by atoms with Gasteiger partial charge in [0.1, 0.15) is 5.82 Å². The first-order chi connectivity index (χ1) is 9.31. The van der Waals surface area contributed by atoms with Crippen molar-refractivity contribution in [2.24, 2.45) is 5.92 Å². The quantitative estimate of drug-likeness (QED) is 0.802. The second kappa shape index (κ2) is 7.37. The van der Waals surface area contributed by atoms with Crippen LogP contribution in [0, 0.1) is 5.92 Å². The number of hydrogen-bond donors (Lipinski definition) is 2. The molecule has 0 saturated heterocycles. The summed E-state index contributed by atoms with van der Waals surface area (Å²) in [5.41, 5.74) is 1.20. The van der Waals surface area contributed by atoms with E-state index in [-0.39, 0.29) is 0 Å². The third kappa shape index (κ3) is 4.41. The largest absolute Gasteiger partial charge is 0.382 e. The van der Waals surface area contributed by atoms with E-state index in [9.17, 15) is 0 Å². The molecule has 1 aliphatic carbocycles. The first kappa shape index (κ1) is 14.2. The molecule has 1 aromatic heterocycles. The molecular formula is C16H27N3. The van der Waals surface area contributed by atoms with Crippen molar-refractivity contribution in [2.75, 3.05) is 17.2 Å². The van der Waals surface area contributed by atoms with Gasteiger partial charge in [-0.05, 0) is 31.2 Å². The van der Waals surface area contributed by atoms with Crippen LogP contribution < -0.4 is 10.6 Å². The fraction of sp³-hybridized carbons (Fsp3) is 0.688. The molecule has 1 heterocycles. The Balaban J connectivity index is 1.90. The Hall–Kier alpha value is -1.25. The molecule has 1 aromatic rings. The van der Waals surface area contributed by atoms with Gasteiger partial charge in [-0.3, -0.25) is 0 Å². The van der Waals surface area contributed by atoms with Crippen molar-refractivity contribution in [1.82, 2.24) is 4.98 Å². The van der Waals surface area contributed by atoms with Crippen LogP contribution in [0.1, 0.15) is 52.4 Å². The van der Waals surface area contributed by atoms with Crippen molar-refractivity contribution in [3.63, 3.8) is 0 Å². The van der Waals surface area contributed by atoms with E-state index < -0.39 is 0 Å². The Labute approximate surface area is 117 Å². The highest BCUT2D eigenvalue weighted by molar-refractivity contribution is 5.52. The van der Waals surface area contributed by atoms with Crippen molar-refractivity contribution in [2.45, 2.75) is 58.4 Å². The fourth-order valence-electron chi connectivity index (χ4n) is 2.90. The van der Waals surface area contributed by atoms with Crippen LogP contribution in [0.25, 0.3) is 0 Å². The number of nitrogens with zero attached hydrogens (tertiary/aromatic N) is 1. The molecule has 2 rings (SSSR count). The van der Waals surface area contributed by atoms with Gasteiger partial charge in [0.15, 0.2) is 0 Å². The summed E-state index contributed by atoms with van der Waals surface area (Å²) in [6.07, 6.45) is 9.72. The summed E-state index contributed by atoms with van der Waals surface area (Å²) in [5.74, 6) is 1.89. The molecule has 0 aromatic carbocycles. The number of rotatable bonds is 6. The van der Waals surface area contributed by atoms with E-state index in [0.717, 1.165) is 24.7 Å². The molecule has 0 aliphatic heterocycles. The predicted molar refractivity (Wildman–Crippen MR) is 82.7 cm³/mol. The molecular weight excluding hydrogens is 234 g/mol. The number of nitrogens with one attached hydrogen (secondary N) is 2. The molecule has 2 atom stereocenters. The Morgan fingerprint density at radius 3 is 3.00 bits per heavy atom. The Bertz CT molecular complexity index is 378. The average molecular weight is 261 g/mol. The maximum Gasteiger partial charge on any atom is 0.127 e. The Kier molecular flexibility index (Phi) is 5.49. The van der Waals surface area contributed by atoms with Gasteiger partial charge in [-0.25, -0.2) is 4.98 Å². The summed E-state index contributed by atoms with van der Waals surface area (Å²) in [6, 6.07) is 4.85. The van der Waals surface area contributed by atoms with Crippen LogP contribution in [0.5, 0.6) is 0 Å². The van der Waals surface area contributed by atoms with Gasteiger partial charge in [0.05, 0.1) is 0 Å². The van der Waals surface area contributed by atoms with Gasteiger partial charge in [-0.1, -0.05) is 33.1 Å². The lowest BCUT2D eigenvalue weighted by Crippen LogP contribution is -2.27. The van der Waals surface area contributed by atoms with Gasteiger partial charge in [-0.15, -0.1) is 0 Å². The molecule has 2 unspecified atom stereocenters. The maximum absolute atomic E-state index is 4.35. The zero-order valence-electron chi connectivity index (χ0n) is 12.3. The lowest BCUT2D eigenvalue weighted by Gasteiger charge is -2.29. The molecule has 106 valence electrons. The Morgan fingerprint density at radius 1 is 1.32 bits per heavy atom. The first-order valence-corrected chi connectivity index (χ1v) is 7.78. The van der Waals surface area contributed by atoms with Crippen LogP contribution in [-0.4, -0.2) is 17.6 Å². The molecule has 0 radical (unpaired) electrons. The third-order valence-electron chi connectivity index (χ3n) is 4.05. The molecule has 1 fully saturated rings. The van der Waals surface area contributed by atoms with Crippen LogP contribution in [0.2, 0.25) is 0 Å². The minimum absolute atomic E-state index is 0.639. The van der Waals surface area contributed by atoms with Crippen molar-refractivity contribution in [3.8, 4) is 0 Å². The van der Waals surface area contributed by atoms with Crippen molar-refractivity contribution < 1.29 is 0 Å². The zero-order valence-corrected chi connectivity index (χ0v) is 12.3. The van der Waals surface area contributed by atoms with Crippen molar-refractivity contribution in [1.29, 1.82) is 0 Å². The van der Waals surface area contributed by atoms with Gasteiger partial charge in [0.2, 0.25) is 0 Å². The third-order valence-corrected chi connectivity index (χ3v) is 4.05. The van der Waals surface area contributed by atoms with Crippen LogP contribution >= 0.6 is 0 Å². The molecule has 3 nitrogen and oxygen atoms in total. The average Bonchev–Trinajstić information content (AvgIpc) is 2.46. The number of anilines is 2. The van der Waals surface area contributed by atoms with Crippen molar-refractivity contribution >= 4 is 11.5 Å². The summed E-state index contributed by atoms with van der Waals surface area (Å²) in [6.45, 7) is 5.46. The smallest absolute Gasteiger partial charge is 0.127 e. The van der Waals surface area contributed by atoms with E-state index >= 15 is 0 Å². The standard InChI is InChI=1S/C16H27N3/c1-3-9-17-16-12-15(8-10-18-16)19-14-7-5-6-13(4-2)11-14/h8,10,12-14H,3-7,9,11H2,1-2H3,(H2,17,18,19). The van der Waals surface area contributed by atoms with Crippen LogP contribution in [0.3, 0.4) is 0 Å². The van der Waals surface area contributed by atoms with Crippen LogP contribution in [-0.2, 0) is 0 Å². The van der Waals surface area contributed by atoms with Gasteiger partial charge in [0, 0.05) is 30.5 Å². The van der Waals surface area contributed by atoms with Gasteiger partial charge >= 0.3 is 0 Å². The maximum atomic E-state index is 4.35. The van der Waals surface area contributed by atoms with Gasteiger partial charge in [0.25, 0.3) is 0 Å². The van der Waals surface area contributed by atoms with Crippen LogP contribution in [0.4, 0.5) is 11.5 Å². The number of aromatic nitrogens is 1. The number of hydrogen-bond acceptors (Lipinski definition) is 3. The molecule has 2 N–H and O–H groups in total. The summed E-state index contributed by atoms with van der Waals surface area (Å²) >= 11 is 0. The van der Waals surface area contributed by atoms with E-state index in [1.807, 2.05) is 6.20 Å². The molecule has 1 aliphatic rings. The summed E-state index contributed by atoms with van der Waals surface area (Å²) in [5, 5.41) is 7.02. The highest BCUT2D eigenvalue weighted by Crippen LogP contribution is 2.28. The van der Waals surface area contributed by atoms with E-state index in [1.54, 1.807) is 0 Å². The molecule has 1 saturated carbocycles. The summed E-state index contributed by atoms with van der Waals surface area (Å²) in [7, 11) is 0. The van der Waals surface area contributed by atoms with E-state index in [2.05, 4.69) is 41.6 Å². The van der Waals surface area contributed by atoms with E-state index in [0.29, 0.717) is 6.04 Å². The second-order valence-corrected chi connectivity index (χ2v) is 5.64. The normalized spacial score (nSPS) is 23.1. The summed E-state index contributed by atoms with van der Waals surface area (Å²) < 4.78 is 0. The lowest BCUT2D eigenvalue weighted by atomic mass is 9.84. The molecule has 0 spiro atoms. The van der Waals surface area contributed by atoms with Crippen molar-refractivity contribution in [3.05, 3.63) is 18.3 Å². The number of pyridine rings is 1. The predicted octanol–water partition coefficient (Wildman–Crippen LogP) is 4.28. The van der Waals surface area contributed by atoms with Gasteiger partial charge < -0.3 is 10.6 Å². The minimum atomic E-state index is 0.639. The SMILES string of the molecule is CCCNc1cc(NC2CCCC(CC)C2)ccn1. The molecule has 3 heteroatoms. The van der Waals surface area contributed by atoms with Gasteiger partial charge in [-0.2, -0.15) is 0 Å². The first-order valence-electron chi connectivity index (χ1n) is 7.78. The Morgan fingerprint density at radius 2 is 2.21 bits per heavy atom. The van der Waals surface area contributed by atoms with E-state index in [4.69, 9.17) is 0 Å². The molecule has 19 heavy (non-hydrogen) atoms. The molecule has 0 bridgehead atoms. The second-order valence-electron chi connectivity index (χ2n) is 5.64. The fourth-order valence-corrected chi connectivity index (χ4v) is 2.90. The highest BCUT2D eigenvalue weighted by atomic mass is 15.0. The van der Waals surface area contributed by atoms with Crippen LogP contribution in [0.15, 0.2) is 18.3 Å².